The number of hydrogen-bond acceptors (Lipinski definition) is 16. The number of hydrogen-bond donors (Lipinski definition) is 4. The number of nitrogens with zero attached hydrogens (tertiary/aromatic N) is 5. The van der Waals surface area contributed by atoms with Gasteiger partial charge in [-0.3, -0.25) is 38.2 Å². The van der Waals surface area contributed by atoms with E-state index < -0.39 is 49.5 Å². The smallest absolute Gasteiger partial charge is 0.330 e. The Morgan fingerprint density at radius 1 is 0.873 bits per heavy atom. The zero-order chi connectivity index (χ0) is 56.2. The number of aromatic amines is 1. The highest BCUT2D eigenvalue weighted by Gasteiger charge is 2.40. The van der Waals surface area contributed by atoms with Gasteiger partial charge >= 0.3 is 5.69 Å². The minimum absolute atomic E-state index is 0.0424. The summed E-state index contributed by atoms with van der Waals surface area (Å²) >= 11 is 3.31. The monoisotopic (exact) mass is 1140 g/mol. The Balaban J connectivity index is 0.890. The van der Waals surface area contributed by atoms with Crippen LogP contribution in [0.2, 0.25) is 0 Å². The van der Waals surface area contributed by atoms with Crippen molar-refractivity contribution in [1.29, 1.82) is 0 Å². The van der Waals surface area contributed by atoms with E-state index in [4.69, 9.17) is 18.5 Å². The SMILES string of the molecule is CC(C)OCC1OC(n2cc(/C=C/C(=O)NCCN(CCNC(=O)CN3/C(=C/C=C/c4cc[n+](C)c5ccccc45)Sc4ccccc43)CCNC(=O)CN3c4ccccc4SC3C)c(=O)[nH]c2=O)CC1OP(=O)([O-])OC(C)C. The summed E-state index contributed by atoms with van der Waals surface area (Å²) < 4.78 is 38.0. The lowest BCUT2D eigenvalue weighted by molar-refractivity contribution is -0.644. The van der Waals surface area contributed by atoms with Gasteiger partial charge in [-0.2, -0.15) is 0 Å². The molecule has 3 aromatic carbocycles. The predicted octanol–water partition coefficient (Wildman–Crippen LogP) is 5.29. The molecule has 3 aliphatic rings. The van der Waals surface area contributed by atoms with Crippen LogP contribution >= 0.6 is 31.3 Å². The molecule has 79 heavy (non-hydrogen) atoms. The fourth-order valence-electron chi connectivity index (χ4n) is 9.27. The lowest BCUT2D eigenvalue weighted by Crippen LogP contribution is -2.45. The zero-order valence-electron chi connectivity index (χ0n) is 45.1. The number of carbonyl (C=O) groups excluding carboxylic acids is 3. The summed E-state index contributed by atoms with van der Waals surface area (Å²) in [5.74, 6) is -0.849. The molecule has 0 saturated carbocycles. The van der Waals surface area contributed by atoms with Gasteiger partial charge in [-0.15, -0.1) is 0 Å². The van der Waals surface area contributed by atoms with Gasteiger partial charge in [0, 0.05) is 79.9 Å². The molecule has 420 valence electrons. The second kappa shape index (κ2) is 27.2. The first-order valence-corrected chi connectivity index (χ1v) is 29.4. The summed E-state index contributed by atoms with van der Waals surface area (Å²) in [6, 6.07) is 26.3. The van der Waals surface area contributed by atoms with Crippen molar-refractivity contribution in [2.24, 2.45) is 7.05 Å². The Labute approximate surface area is 467 Å². The Kier molecular flexibility index (Phi) is 20.3. The largest absolute Gasteiger partial charge is 0.756 e. The number of aromatic nitrogens is 3. The second-order valence-electron chi connectivity index (χ2n) is 19.6. The number of ether oxygens (including phenoxy) is 2. The van der Waals surface area contributed by atoms with Crippen LogP contribution in [0.4, 0.5) is 11.4 Å². The first-order chi connectivity index (χ1) is 37.9. The third kappa shape index (κ3) is 16.0. The number of phosphoric acid groups is 1. The number of allylic oxidation sites excluding steroid dienone is 2. The number of pyridine rings is 1. The molecule has 0 radical (unpaired) electrons. The molecule has 5 heterocycles. The number of phosphoric ester groups is 1. The summed E-state index contributed by atoms with van der Waals surface area (Å²) in [6.07, 6.45) is 7.78. The maximum Gasteiger partial charge on any atom is 0.330 e. The maximum atomic E-state index is 13.7. The van der Waals surface area contributed by atoms with Gasteiger partial charge in [-0.25, -0.2) is 9.36 Å². The Morgan fingerprint density at radius 3 is 2.28 bits per heavy atom. The van der Waals surface area contributed by atoms with E-state index in [0.717, 1.165) is 53.3 Å². The highest BCUT2D eigenvalue weighted by Crippen LogP contribution is 2.47. The molecule has 5 unspecified atom stereocenters. The number of benzene rings is 3. The number of anilines is 2. The molecule has 8 rings (SSSR count). The van der Waals surface area contributed by atoms with Crippen LogP contribution in [-0.4, -0.2) is 121 Å². The second-order valence-corrected chi connectivity index (χ2v) is 23.4. The van der Waals surface area contributed by atoms with E-state index in [1.165, 1.54) is 12.3 Å². The van der Waals surface area contributed by atoms with Crippen molar-refractivity contribution in [1.82, 2.24) is 30.4 Å². The normalized spacial score (nSPS) is 19.3. The van der Waals surface area contributed by atoms with E-state index in [9.17, 15) is 33.4 Å². The first kappa shape index (κ1) is 58.8. The van der Waals surface area contributed by atoms with Crippen LogP contribution in [0.15, 0.2) is 134 Å². The molecule has 1 saturated heterocycles. The van der Waals surface area contributed by atoms with Gasteiger partial charge in [0.15, 0.2) is 6.20 Å². The topological polar surface area (TPSA) is 233 Å². The number of nitrogens with one attached hydrogen (secondary N) is 4. The van der Waals surface area contributed by atoms with Crippen LogP contribution in [0.3, 0.4) is 0 Å². The van der Waals surface area contributed by atoms with Crippen molar-refractivity contribution >= 4 is 83.5 Å². The van der Waals surface area contributed by atoms with Crippen LogP contribution in [0.1, 0.15) is 58.4 Å². The number of para-hydroxylation sites is 3. The summed E-state index contributed by atoms with van der Waals surface area (Å²) in [5, 5.41) is 11.1. The number of fused-ring (bicyclic) bond motifs is 3. The molecule has 1 fully saturated rings. The van der Waals surface area contributed by atoms with Gasteiger partial charge in [-0.05, 0) is 82.7 Å². The van der Waals surface area contributed by atoms with E-state index >= 15 is 0 Å². The van der Waals surface area contributed by atoms with E-state index in [1.807, 2.05) is 95.9 Å². The highest BCUT2D eigenvalue weighted by atomic mass is 32.2. The molecule has 23 heteroatoms. The van der Waals surface area contributed by atoms with Crippen LogP contribution in [0, 0.1) is 0 Å². The van der Waals surface area contributed by atoms with Gasteiger partial charge < -0.3 is 49.2 Å². The first-order valence-electron chi connectivity index (χ1n) is 26.3. The van der Waals surface area contributed by atoms with Crippen molar-refractivity contribution in [2.45, 2.75) is 86.8 Å². The number of rotatable bonds is 25. The third-order valence-corrected chi connectivity index (χ3v) is 16.6. The molecule has 3 amide bonds. The quantitative estimate of drug-likeness (QED) is 0.0330. The van der Waals surface area contributed by atoms with Crippen LogP contribution in [0.25, 0.3) is 23.1 Å². The molecule has 0 aliphatic carbocycles. The fraction of sp³-hybridized carbons (Fsp3) is 0.393. The number of H-pyrrole nitrogens is 1. The van der Waals surface area contributed by atoms with Crippen molar-refractivity contribution in [3.8, 4) is 0 Å². The van der Waals surface area contributed by atoms with Crippen LogP contribution in [-0.2, 0) is 44.5 Å². The lowest BCUT2D eigenvalue weighted by atomic mass is 10.1. The number of thioether (sulfide) groups is 2. The predicted molar refractivity (Wildman–Crippen MR) is 305 cm³/mol. The molecule has 0 spiro atoms. The van der Waals surface area contributed by atoms with Crippen molar-refractivity contribution in [3.05, 3.63) is 146 Å². The van der Waals surface area contributed by atoms with Crippen LogP contribution in [0.5, 0.6) is 0 Å². The Hall–Kier alpha value is -6.33. The standard InChI is InChI=1S/C56H68N9O11PS2/c1-37(2)73-36-47-46(76-77(71,72)75-38(3)4)32-53(74-47)65-33-41(55(69)60-56(65)70)22-23-50(66)57-25-29-62(30-26-58-51(67)34-63-39(5)78-48-19-11-9-17-44(48)63)31-27-59-52(68)35-64-45-18-10-12-20-49(45)79-54(64)21-13-14-40-24-28-61(6)43-16-8-7-15-42(40)43/h7-24,28,33,37-39,46-47,53H,25-27,29-32,34-36H2,1-6H3,(H4-,57,58,59,60,66,67,68,69,70,71,72)/b23-22+. The van der Waals surface area contributed by atoms with Gasteiger partial charge in [0.05, 0.1) is 64.2 Å². The molecule has 4 N–H and O–H groups in total. The van der Waals surface area contributed by atoms with Crippen molar-refractivity contribution in [2.75, 3.05) is 68.8 Å². The average molecular weight is 1140 g/mol. The minimum atomic E-state index is -4.77. The van der Waals surface area contributed by atoms with E-state index in [1.54, 1.807) is 51.2 Å². The van der Waals surface area contributed by atoms with Gasteiger partial charge in [-0.1, -0.05) is 72.1 Å². The van der Waals surface area contributed by atoms with Gasteiger partial charge in [0.25, 0.3) is 13.4 Å². The number of amides is 3. The molecule has 0 bridgehead atoms. The third-order valence-electron chi connectivity index (χ3n) is 13.1. The number of carbonyl (C=O) groups is 3. The molecular weight excluding hydrogens is 1070 g/mol. The van der Waals surface area contributed by atoms with Crippen molar-refractivity contribution < 1.29 is 46.9 Å². The molecular formula is C56H68N9O11PS2. The zero-order valence-corrected chi connectivity index (χ0v) is 47.6. The molecule has 5 atom stereocenters. The molecule has 2 aromatic heterocycles. The average Bonchev–Trinajstić information content (AvgIpc) is 4.21. The Morgan fingerprint density at radius 2 is 1.54 bits per heavy atom. The number of aryl methyl sites for hydroxylation is 1. The molecule has 20 nitrogen and oxygen atoms in total. The van der Waals surface area contributed by atoms with Crippen molar-refractivity contribution in [3.63, 3.8) is 0 Å². The Bertz CT molecular complexity index is 3260. The highest BCUT2D eigenvalue weighted by molar-refractivity contribution is 8.03. The summed E-state index contributed by atoms with van der Waals surface area (Å²) in [4.78, 5) is 89.5. The van der Waals surface area contributed by atoms with Gasteiger partial charge in [0.2, 0.25) is 23.2 Å². The summed E-state index contributed by atoms with van der Waals surface area (Å²) in [6.45, 7) is 10.9. The summed E-state index contributed by atoms with van der Waals surface area (Å²) in [5.41, 5.74) is 2.54. The fourth-order valence-corrected chi connectivity index (χ4v) is 12.6. The lowest BCUT2D eigenvalue weighted by Gasteiger charge is -2.29. The van der Waals surface area contributed by atoms with E-state index in [2.05, 4.69) is 61.6 Å². The maximum absolute atomic E-state index is 13.7. The van der Waals surface area contributed by atoms with Crippen LogP contribution < -0.4 is 46.5 Å². The summed E-state index contributed by atoms with van der Waals surface area (Å²) in [7, 11) is -2.74. The van der Waals surface area contributed by atoms with E-state index in [0.29, 0.717) is 26.2 Å². The molecule has 5 aromatic rings. The van der Waals surface area contributed by atoms with E-state index in [-0.39, 0.29) is 68.1 Å². The minimum Gasteiger partial charge on any atom is -0.756 e. The van der Waals surface area contributed by atoms with Gasteiger partial charge in [0.1, 0.15) is 25.9 Å². The molecule has 3 aliphatic heterocycles.